The van der Waals surface area contributed by atoms with Crippen LogP contribution in [0.3, 0.4) is 0 Å². The van der Waals surface area contributed by atoms with Gasteiger partial charge in [-0.15, -0.1) is 0 Å². The number of para-hydroxylation sites is 2. The standard InChI is InChI=1S/C30H31BrN2O6/c1-35-24-15-18(10-19(31)29(24)38-4)28-27-22(32-20-8-6-7-9-21(20)33-28)11-16(12-23(27)34)17-13-25(36-2)30(39-5)26(14-17)37-3/h6-10,13-16,28,32-33H,11-12H2,1-5H3/t16-,28-/m1/s1. The molecule has 9 heteroatoms. The molecule has 3 aromatic rings. The lowest BCUT2D eigenvalue weighted by Gasteiger charge is -2.30. The summed E-state index contributed by atoms with van der Waals surface area (Å²) in [5.41, 5.74) is 5.21. The van der Waals surface area contributed by atoms with Crippen molar-refractivity contribution in [2.75, 3.05) is 46.2 Å². The van der Waals surface area contributed by atoms with Crippen LogP contribution in [0.15, 0.2) is 64.3 Å². The SMILES string of the molecule is COc1cc([C@H]2Nc3ccccc3NC3=C2C(=O)C[C@H](c2cc(OC)c(OC)c(OC)c2)C3)cc(Br)c1OC. The van der Waals surface area contributed by atoms with Crippen LogP contribution in [-0.2, 0) is 4.79 Å². The molecule has 0 saturated heterocycles. The average molecular weight is 595 g/mol. The molecule has 0 unspecified atom stereocenters. The quantitative estimate of drug-likeness (QED) is 0.322. The molecule has 2 aliphatic rings. The van der Waals surface area contributed by atoms with Crippen molar-refractivity contribution in [1.82, 2.24) is 0 Å². The van der Waals surface area contributed by atoms with Crippen molar-refractivity contribution in [1.29, 1.82) is 0 Å². The van der Waals surface area contributed by atoms with E-state index in [9.17, 15) is 4.79 Å². The van der Waals surface area contributed by atoms with Crippen LogP contribution in [0.4, 0.5) is 11.4 Å². The first-order valence-corrected chi connectivity index (χ1v) is 13.3. The van der Waals surface area contributed by atoms with Crippen molar-refractivity contribution in [2.45, 2.75) is 24.8 Å². The maximum atomic E-state index is 14.0. The molecule has 0 saturated carbocycles. The number of Topliss-reactive ketones (excluding diaryl/α,β-unsaturated/α-hetero) is 1. The molecular weight excluding hydrogens is 564 g/mol. The lowest BCUT2D eigenvalue weighted by Crippen LogP contribution is -2.27. The molecule has 0 fully saturated rings. The molecule has 204 valence electrons. The molecule has 8 nitrogen and oxygen atoms in total. The van der Waals surface area contributed by atoms with Crippen LogP contribution >= 0.6 is 15.9 Å². The minimum absolute atomic E-state index is 0.0544. The maximum Gasteiger partial charge on any atom is 0.203 e. The summed E-state index contributed by atoms with van der Waals surface area (Å²) in [5, 5.41) is 7.19. The fourth-order valence-corrected chi connectivity index (χ4v) is 6.04. The first kappa shape index (κ1) is 26.7. The van der Waals surface area contributed by atoms with Gasteiger partial charge in [-0.3, -0.25) is 4.79 Å². The number of carbonyl (C=O) groups excluding carboxylic acids is 1. The summed E-state index contributed by atoms with van der Waals surface area (Å²) in [6, 6.07) is 15.3. The number of benzene rings is 3. The number of methoxy groups -OCH3 is 5. The van der Waals surface area contributed by atoms with E-state index >= 15 is 0 Å². The molecule has 0 amide bonds. The van der Waals surface area contributed by atoms with Crippen molar-refractivity contribution in [3.8, 4) is 28.7 Å². The summed E-state index contributed by atoms with van der Waals surface area (Å²) in [6.07, 6.45) is 0.961. The summed E-state index contributed by atoms with van der Waals surface area (Å²) in [5.74, 6) is 2.80. The largest absolute Gasteiger partial charge is 0.493 e. The number of allylic oxidation sites excluding steroid dienone is 1. The highest BCUT2D eigenvalue weighted by atomic mass is 79.9. The van der Waals surface area contributed by atoms with E-state index in [-0.39, 0.29) is 11.7 Å². The fraction of sp³-hybridized carbons (Fsp3) is 0.300. The van der Waals surface area contributed by atoms with Crippen molar-refractivity contribution in [3.05, 3.63) is 75.4 Å². The predicted octanol–water partition coefficient (Wildman–Crippen LogP) is 6.47. The topological polar surface area (TPSA) is 87.3 Å². The van der Waals surface area contributed by atoms with Gasteiger partial charge in [-0.1, -0.05) is 12.1 Å². The number of hydrogen-bond donors (Lipinski definition) is 2. The Labute approximate surface area is 236 Å². The first-order chi connectivity index (χ1) is 18.9. The van der Waals surface area contributed by atoms with Gasteiger partial charge in [0.2, 0.25) is 5.75 Å². The van der Waals surface area contributed by atoms with Crippen LogP contribution < -0.4 is 34.3 Å². The summed E-state index contributed by atoms with van der Waals surface area (Å²) in [4.78, 5) is 14.0. The Bertz CT molecular complexity index is 1430. The van der Waals surface area contributed by atoms with Crippen LogP contribution in [0, 0.1) is 0 Å². The smallest absolute Gasteiger partial charge is 0.203 e. The molecule has 1 heterocycles. The Balaban J connectivity index is 1.63. The lowest BCUT2D eigenvalue weighted by molar-refractivity contribution is -0.116. The van der Waals surface area contributed by atoms with Gasteiger partial charge in [0.05, 0.1) is 57.4 Å². The molecule has 0 bridgehead atoms. The number of rotatable bonds is 7. The Morgan fingerprint density at radius 1 is 0.744 bits per heavy atom. The van der Waals surface area contributed by atoms with Gasteiger partial charge >= 0.3 is 0 Å². The second kappa shape index (κ2) is 11.1. The Morgan fingerprint density at radius 3 is 1.95 bits per heavy atom. The van der Waals surface area contributed by atoms with Gasteiger partial charge in [0.25, 0.3) is 0 Å². The molecule has 2 N–H and O–H groups in total. The molecule has 1 aliphatic carbocycles. The zero-order valence-corrected chi connectivity index (χ0v) is 24.1. The molecule has 3 aromatic carbocycles. The van der Waals surface area contributed by atoms with Gasteiger partial charge in [-0.2, -0.15) is 0 Å². The second-order valence-corrected chi connectivity index (χ2v) is 10.2. The number of halogens is 1. The fourth-order valence-electron chi connectivity index (χ4n) is 5.42. The average Bonchev–Trinajstić information content (AvgIpc) is 3.12. The Hall–Kier alpha value is -3.85. The predicted molar refractivity (Wildman–Crippen MR) is 154 cm³/mol. The van der Waals surface area contributed by atoms with Crippen molar-refractivity contribution in [3.63, 3.8) is 0 Å². The summed E-state index contributed by atoms with van der Waals surface area (Å²) in [7, 11) is 7.96. The highest BCUT2D eigenvalue weighted by Crippen LogP contribution is 2.48. The number of carbonyl (C=O) groups is 1. The van der Waals surface area contributed by atoms with Gasteiger partial charge in [0.1, 0.15) is 0 Å². The van der Waals surface area contributed by atoms with Crippen LogP contribution in [0.2, 0.25) is 0 Å². The zero-order chi connectivity index (χ0) is 27.7. The van der Waals surface area contributed by atoms with E-state index in [0.29, 0.717) is 47.2 Å². The van der Waals surface area contributed by atoms with E-state index in [2.05, 4.69) is 26.6 Å². The monoisotopic (exact) mass is 594 g/mol. The van der Waals surface area contributed by atoms with Gasteiger partial charge in [0.15, 0.2) is 28.8 Å². The maximum absolute atomic E-state index is 14.0. The first-order valence-electron chi connectivity index (χ1n) is 12.5. The minimum atomic E-state index is -0.402. The zero-order valence-electron chi connectivity index (χ0n) is 22.5. The van der Waals surface area contributed by atoms with E-state index in [1.807, 2.05) is 48.5 Å². The minimum Gasteiger partial charge on any atom is -0.493 e. The normalized spacial score (nSPS) is 18.2. The number of fused-ring (bicyclic) bond motifs is 1. The van der Waals surface area contributed by atoms with Gasteiger partial charge in [-0.05, 0) is 75.8 Å². The molecular formula is C30H31BrN2O6. The lowest BCUT2D eigenvalue weighted by atomic mass is 9.78. The Morgan fingerprint density at radius 2 is 1.33 bits per heavy atom. The summed E-state index contributed by atoms with van der Waals surface area (Å²) < 4.78 is 28.5. The van der Waals surface area contributed by atoms with Crippen LogP contribution in [0.1, 0.15) is 35.9 Å². The van der Waals surface area contributed by atoms with E-state index < -0.39 is 6.04 Å². The second-order valence-electron chi connectivity index (χ2n) is 9.37. The molecule has 0 radical (unpaired) electrons. The number of ether oxygens (including phenoxy) is 5. The van der Waals surface area contributed by atoms with Crippen LogP contribution in [-0.4, -0.2) is 41.3 Å². The molecule has 5 rings (SSSR count). The molecule has 2 atom stereocenters. The third-order valence-corrected chi connectivity index (χ3v) is 7.85. The highest BCUT2D eigenvalue weighted by molar-refractivity contribution is 9.10. The van der Waals surface area contributed by atoms with Crippen LogP contribution in [0.5, 0.6) is 28.7 Å². The highest BCUT2D eigenvalue weighted by Gasteiger charge is 2.37. The number of hydrogen-bond acceptors (Lipinski definition) is 8. The number of nitrogens with one attached hydrogen (secondary N) is 2. The number of ketones is 1. The molecule has 39 heavy (non-hydrogen) atoms. The third-order valence-electron chi connectivity index (χ3n) is 7.26. The third kappa shape index (κ3) is 4.87. The van der Waals surface area contributed by atoms with Crippen molar-refractivity contribution >= 4 is 33.1 Å². The van der Waals surface area contributed by atoms with Crippen LogP contribution in [0.25, 0.3) is 0 Å². The van der Waals surface area contributed by atoms with Crippen molar-refractivity contribution in [2.24, 2.45) is 0 Å². The summed E-state index contributed by atoms with van der Waals surface area (Å²) in [6.45, 7) is 0. The molecule has 0 aromatic heterocycles. The van der Waals surface area contributed by atoms with Gasteiger partial charge < -0.3 is 34.3 Å². The van der Waals surface area contributed by atoms with Gasteiger partial charge in [0, 0.05) is 17.7 Å². The summed E-state index contributed by atoms with van der Waals surface area (Å²) >= 11 is 3.62. The van der Waals surface area contributed by atoms with E-state index in [1.165, 1.54) is 0 Å². The molecule has 0 spiro atoms. The number of anilines is 2. The van der Waals surface area contributed by atoms with E-state index in [0.717, 1.165) is 32.7 Å². The Kier molecular flexibility index (Phi) is 7.61. The van der Waals surface area contributed by atoms with E-state index in [4.69, 9.17) is 23.7 Å². The van der Waals surface area contributed by atoms with Crippen molar-refractivity contribution < 1.29 is 28.5 Å². The molecule has 1 aliphatic heterocycles. The van der Waals surface area contributed by atoms with Gasteiger partial charge in [-0.25, -0.2) is 0 Å². The van der Waals surface area contributed by atoms with E-state index in [1.54, 1.807) is 35.5 Å².